The molecule has 0 heterocycles. The van der Waals surface area contributed by atoms with Crippen LogP contribution < -0.4 is 0 Å². The van der Waals surface area contributed by atoms with E-state index in [9.17, 15) is 9.90 Å². The molecule has 2 rings (SSSR count). The molecule has 0 radical (unpaired) electrons. The zero-order chi connectivity index (χ0) is 14.7. The molecule has 20 heavy (non-hydrogen) atoms. The van der Waals surface area contributed by atoms with Crippen LogP contribution >= 0.6 is 0 Å². The Balaban J connectivity index is 2.48. The van der Waals surface area contributed by atoms with Gasteiger partial charge in [0.15, 0.2) is 5.78 Å². The SMILES string of the molecule is CCc1cc(-c2cccc(C(C)O)c2)ccc1C(C)=O. The minimum absolute atomic E-state index is 0.103. The Kier molecular flexibility index (Phi) is 4.35. The van der Waals surface area contributed by atoms with Gasteiger partial charge in [0.2, 0.25) is 0 Å². The van der Waals surface area contributed by atoms with Gasteiger partial charge in [0.25, 0.3) is 0 Å². The van der Waals surface area contributed by atoms with Crippen molar-refractivity contribution < 1.29 is 9.90 Å². The Hall–Kier alpha value is -1.93. The first kappa shape index (κ1) is 14.5. The molecule has 2 nitrogen and oxygen atoms in total. The molecule has 0 saturated heterocycles. The first-order valence-corrected chi connectivity index (χ1v) is 6.95. The zero-order valence-electron chi connectivity index (χ0n) is 12.2. The van der Waals surface area contributed by atoms with Crippen molar-refractivity contribution in [1.29, 1.82) is 0 Å². The van der Waals surface area contributed by atoms with Crippen molar-refractivity contribution in [1.82, 2.24) is 0 Å². The largest absolute Gasteiger partial charge is 0.389 e. The number of rotatable bonds is 4. The van der Waals surface area contributed by atoms with E-state index >= 15 is 0 Å². The van der Waals surface area contributed by atoms with Crippen molar-refractivity contribution in [2.45, 2.75) is 33.3 Å². The molecular formula is C18H20O2. The van der Waals surface area contributed by atoms with Crippen molar-refractivity contribution in [3.8, 4) is 11.1 Å². The summed E-state index contributed by atoms with van der Waals surface area (Å²) in [6.45, 7) is 5.41. The third kappa shape index (κ3) is 2.97. The van der Waals surface area contributed by atoms with E-state index in [1.807, 2.05) is 36.4 Å². The molecule has 2 aromatic rings. The summed E-state index contributed by atoms with van der Waals surface area (Å²) in [6.07, 6.45) is 0.357. The summed E-state index contributed by atoms with van der Waals surface area (Å²) in [6, 6.07) is 13.8. The number of benzene rings is 2. The van der Waals surface area contributed by atoms with E-state index in [2.05, 4.69) is 13.0 Å². The summed E-state index contributed by atoms with van der Waals surface area (Å²) >= 11 is 0. The van der Waals surface area contributed by atoms with Crippen molar-refractivity contribution in [3.63, 3.8) is 0 Å². The Labute approximate surface area is 120 Å². The lowest BCUT2D eigenvalue weighted by molar-refractivity contribution is 0.101. The van der Waals surface area contributed by atoms with Crippen LogP contribution in [-0.2, 0) is 6.42 Å². The van der Waals surface area contributed by atoms with Crippen LogP contribution in [0.5, 0.6) is 0 Å². The zero-order valence-corrected chi connectivity index (χ0v) is 12.2. The second-order valence-electron chi connectivity index (χ2n) is 5.08. The molecule has 2 heteroatoms. The smallest absolute Gasteiger partial charge is 0.160 e. The van der Waals surface area contributed by atoms with Crippen LogP contribution in [0.4, 0.5) is 0 Å². The molecule has 0 bridgehead atoms. The highest BCUT2D eigenvalue weighted by Gasteiger charge is 2.09. The number of aryl methyl sites for hydroxylation is 1. The van der Waals surface area contributed by atoms with Gasteiger partial charge in [-0.3, -0.25) is 4.79 Å². The Morgan fingerprint density at radius 2 is 1.85 bits per heavy atom. The molecule has 1 atom stereocenters. The van der Waals surface area contributed by atoms with E-state index in [4.69, 9.17) is 0 Å². The molecule has 0 aliphatic heterocycles. The molecule has 0 amide bonds. The average molecular weight is 268 g/mol. The summed E-state index contributed by atoms with van der Waals surface area (Å²) in [5.74, 6) is 0.103. The Morgan fingerprint density at radius 3 is 2.45 bits per heavy atom. The van der Waals surface area contributed by atoms with Gasteiger partial charge in [0.05, 0.1) is 6.10 Å². The van der Waals surface area contributed by atoms with E-state index < -0.39 is 6.10 Å². The fraction of sp³-hybridized carbons (Fsp3) is 0.278. The maximum atomic E-state index is 11.6. The van der Waals surface area contributed by atoms with Crippen LogP contribution in [0.25, 0.3) is 11.1 Å². The summed E-state index contributed by atoms with van der Waals surface area (Å²) in [5.41, 5.74) is 4.90. The van der Waals surface area contributed by atoms with E-state index in [1.165, 1.54) is 0 Å². The van der Waals surface area contributed by atoms with Crippen LogP contribution in [0.2, 0.25) is 0 Å². The molecule has 0 saturated carbocycles. The van der Waals surface area contributed by atoms with E-state index in [1.54, 1.807) is 13.8 Å². The number of ketones is 1. The van der Waals surface area contributed by atoms with E-state index in [0.29, 0.717) is 0 Å². The van der Waals surface area contributed by atoms with E-state index in [0.717, 1.165) is 34.2 Å². The summed E-state index contributed by atoms with van der Waals surface area (Å²) in [5, 5.41) is 9.67. The van der Waals surface area contributed by atoms with Crippen molar-refractivity contribution in [3.05, 3.63) is 59.2 Å². The standard InChI is InChI=1S/C18H20O2/c1-4-14-10-17(8-9-18(14)13(3)20)16-7-5-6-15(11-16)12(2)19/h5-12,19H,4H2,1-3H3. The lowest BCUT2D eigenvalue weighted by Crippen LogP contribution is -1.99. The number of carbonyl (C=O) groups excluding carboxylic acids is 1. The van der Waals surface area contributed by atoms with Gasteiger partial charge in [0.1, 0.15) is 0 Å². The van der Waals surface area contributed by atoms with Crippen molar-refractivity contribution in [2.24, 2.45) is 0 Å². The summed E-state index contributed by atoms with van der Waals surface area (Å²) in [4.78, 5) is 11.6. The number of hydrogen-bond donors (Lipinski definition) is 1. The Morgan fingerprint density at radius 1 is 1.15 bits per heavy atom. The molecule has 0 aromatic heterocycles. The summed E-state index contributed by atoms with van der Waals surface area (Å²) in [7, 11) is 0. The third-order valence-corrected chi connectivity index (χ3v) is 3.57. The Bertz CT molecular complexity index is 627. The average Bonchev–Trinajstić information content (AvgIpc) is 2.46. The topological polar surface area (TPSA) is 37.3 Å². The fourth-order valence-corrected chi connectivity index (χ4v) is 2.39. The molecule has 0 spiro atoms. The first-order valence-electron chi connectivity index (χ1n) is 6.95. The molecule has 0 fully saturated rings. The van der Waals surface area contributed by atoms with Gasteiger partial charge in [-0.15, -0.1) is 0 Å². The number of carbonyl (C=O) groups is 1. The maximum absolute atomic E-state index is 11.6. The molecule has 2 aromatic carbocycles. The minimum atomic E-state index is -0.475. The van der Waals surface area contributed by atoms with Crippen LogP contribution in [0, 0.1) is 0 Å². The highest BCUT2D eigenvalue weighted by Crippen LogP contribution is 2.26. The molecular weight excluding hydrogens is 248 g/mol. The predicted molar refractivity (Wildman–Crippen MR) is 81.9 cm³/mol. The maximum Gasteiger partial charge on any atom is 0.160 e. The van der Waals surface area contributed by atoms with Crippen LogP contribution in [0.1, 0.15) is 48.4 Å². The van der Waals surface area contributed by atoms with Gasteiger partial charge < -0.3 is 5.11 Å². The number of aliphatic hydroxyl groups excluding tert-OH is 1. The monoisotopic (exact) mass is 268 g/mol. The third-order valence-electron chi connectivity index (χ3n) is 3.57. The molecule has 0 aliphatic carbocycles. The van der Waals surface area contributed by atoms with E-state index in [-0.39, 0.29) is 5.78 Å². The second kappa shape index (κ2) is 6.02. The van der Waals surface area contributed by atoms with Gasteiger partial charge in [-0.2, -0.15) is 0 Å². The van der Waals surface area contributed by atoms with Crippen molar-refractivity contribution >= 4 is 5.78 Å². The van der Waals surface area contributed by atoms with Gasteiger partial charge in [0, 0.05) is 5.56 Å². The molecule has 1 unspecified atom stereocenters. The van der Waals surface area contributed by atoms with Crippen LogP contribution in [-0.4, -0.2) is 10.9 Å². The van der Waals surface area contributed by atoms with Gasteiger partial charge in [-0.25, -0.2) is 0 Å². The van der Waals surface area contributed by atoms with Crippen LogP contribution in [0.3, 0.4) is 0 Å². The lowest BCUT2D eigenvalue weighted by Gasteiger charge is -2.11. The summed E-state index contributed by atoms with van der Waals surface area (Å²) < 4.78 is 0. The highest BCUT2D eigenvalue weighted by atomic mass is 16.3. The van der Waals surface area contributed by atoms with Gasteiger partial charge in [-0.1, -0.05) is 43.3 Å². The fourth-order valence-electron chi connectivity index (χ4n) is 2.39. The van der Waals surface area contributed by atoms with Crippen LogP contribution in [0.15, 0.2) is 42.5 Å². The minimum Gasteiger partial charge on any atom is -0.389 e. The number of aliphatic hydroxyl groups is 1. The quantitative estimate of drug-likeness (QED) is 0.845. The molecule has 0 aliphatic rings. The first-order chi connectivity index (χ1) is 9.52. The highest BCUT2D eigenvalue weighted by molar-refractivity contribution is 5.96. The number of hydrogen-bond acceptors (Lipinski definition) is 2. The lowest BCUT2D eigenvalue weighted by atomic mass is 9.95. The number of Topliss-reactive ketones (excluding diaryl/α,β-unsaturated/α-hetero) is 1. The normalized spacial score (nSPS) is 12.2. The van der Waals surface area contributed by atoms with Gasteiger partial charge >= 0.3 is 0 Å². The van der Waals surface area contributed by atoms with Crippen molar-refractivity contribution in [2.75, 3.05) is 0 Å². The molecule has 1 N–H and O–H groups in total. The second-order valence-corrected chi connectivity index (χ2v) is 5.08. The molecule has 104 valence electrons. The predicted octanol–water partition coefficient (Wildman–Crippen LogP) is 4.17. The van der Waals surface area contributed by atoms with Gasteiger partial charge in [-0.05, 0) is 48.6 Å².